The summed E-state index contributed by atoms with van der Waals surface area (Å²) in [6, 6.07) is 19.9. The Morgan fingerprint density at radius 3 is 1.58 bits per heavy atom. The van der Waals surface area contributed by atoms with Gasteiger partial charge < -0.3 is 38.2 Å². The van der Waals surface area contributed by atoms with Crippen molar-refractivity contribution >= 4 is 23.9 Å². The molecule has 0 spiro atoms. The van der Waals surface area contributed by atoms with Crippen molar-refractivity contribution in [2.75, 3.05) is 81.9 Å². The number of nitrogens with zero attached hydrogens (tertiary/aromatic N) is 4. The Balaban J connectivity index is 0.00000101. The molecule has 2 aromatic rings. The molecule has 2 aromatic carbocycles. The summed E-state index contributed by atoms with van der Waals surface area (Å²) < 4.78 is 30.5. The van der Waals surface area contributed by atoms with E-state index >= 15 is 0 Å². The Hall–Kier alpha value is -5.44. The normalized spacial score (nSPS) is 12.1. The monoisotopic (exact) mass is 865 g/mol. The molecule has 0 amide bonds. The number of hydrogen-bond donors (Lipinski definition) is 0. The lowest BCUT2D eigenvalue weighted by Crippen LogP contribution is -2.52. The Morgan fingerprint density at radius 2 is 1.16 bits per heavy atom. The molecular weight excluding hydrogens is 793 g/mol. The Bertz CT molecular complexity index is 1770. The number of benzene rings is 2. The van der Waals surface area contributed by atoms with E-state index in [-0.39, 0.29) is 37.9 Å². The van der Waals surface area contributed by atoms with Crippen molar-refractivity contribution in [3.63, 3.8) is 0 Å². The number of methoxy groups -OCH3 is 2. The van der Waals surface area contributed by atoms with Crippen LogP contribution in [0.4, 0.5) is 0 Å². The largest absolute Gasteiger partial charge is 0.497 e. The number of allylic oxidation sites excluding steroid dienone is 1. The predicted molar refractivity (Wildman–Crippen MR) is 239 cm³/mol. The maximum Gasteiger partial charge on any atom is 0.345 e. The molecule has 2 atom stereocenters. The molecule has 14 nitrogen and oxygen atoms in total. The predicted octanol–water partition coefficient (Wildman–Crippen LogP) is 7.66. The molecule has 0 aliphatic carbocycles. The molecule has 0 N–H and O–H groups in total. The SMILES string of the molecule is CCOC(=O)C(C(=O)OCC)=C(C)C.CCOC(=O)C(C(=O)OCC)C(C)(C)C(C#N)(CCCN(C)C)c1cccc(OC)c1.COc1cccc(C(C#N)CCCN(C)C)c1. The van der Waals surface area contributed by atoms with E-state index in [1.54, 1.807) is 81.7 Å². The fourth-order valence-electron chi connectivity index (χ4n) is 6.71. The minimum Gasteiger partial charge on any atom is -0.497 e. The van der Waals surface area contributed by atoms with E-state index < -0.39 is 40.6 Å². The minimum absolute atomic E-state index is 0.00583. The van der Waals surface area contributed by atoms with E-state index in [1.807, 2.05) is 69.5 Å². The molecule has 2 rings (SSSR count). The Labute approximate surface area is 371 Å². The maximum atomic E-state index is 12.9. The average molecular weight is 865 g/mol. The molecule has 14 heteroatoms. The highest BCUT2D eigenvalue weighted by Crippen LogP contribution is 2.51. The molecule has 0 radical (unpaired) electrons. The third kappa shape index (κ3) is 17.9. The quantitative estimate of drug-likeness (QED) is 0.0370. The second-order valence-corrected chi connectivity index (χ2v) is 15.5. The van der Waals surface area contributed by atoms with Crippen LogP contribution in [0.3, 0.4) is 0 Å². The van der Waals surface area contributed by atoms with Crippen LogP contribution in [0.15, 0.2) is 59.7 Å². The zero-order chi connectivity index (χ0) is 47.5. The lowest BCUT2D eigenvalue weighted by Gasteiger charge is -2.45. The number of ether oxygens (including phenoxy) is 6. The van der Waals surface area contributed by atoms with Gasteiger partial charge in [-0.25, -0.2) is 9.59 Å². The molecule has 0 saturated heterocycles. The number of hydrogen-bond acceptors (Lipinski definition) is 14. The van der Waals surface area contributed by atoms with Crippen molar-refractivity contribution in [2.45, 2.75) is 92.4 Å². The van der Waals surface area contributed by atoms with Crippen LogP contribution in [-0.4, -0.2) is 116 Å². The fourth-order valence-corrected chi connectivity index (χ4v) is 6.71. The van der Waals surface area contributed by atoms with E-state index in [0.717, 1.165) is 37.2 Å². The van der Waals surface area contributed by atoms with E-state index in [1.165, 1.54) is 0 Å². The van der Waals surface area contributed by atoms with Crippen molar-refractivity contribution in [1.29, 1.82) is 10.5 Å². The smallest absolute Gasteiger partial charge is 0.345 e. The summed E-state index contributed by atoms with van der Waals surface area (Å²) in [5, 5.41) is 19.8. The highest BCUT2D eigenvalue weighted by Gasteiger charge is 2.57. The first-order chi connectivity index (χ1) is 29.3. The van der Waals surface area contributed by atoms with Crippen LogP contribution >= 0.6 is 0 Å². The fraction of sp³-hybridized carbons (Fsp3) is 0.583. The van der Waals surface area contributed by atoms with Crippen molar-refractivity contribution in [1.82, 2.24) is 9.80 Å². The highest BCUT2D eigenvalue weighted by molar-refractivity contribution is 6.14. The summed E-state index contributed by atoms with van der Waals surface area (Å²) >= 11 is 0. The summed E-state index contributed by atoms with van der Waals surface area (Å²) in [6.45, 7) is 16.1. The molecule has 62 heavy (non-hydrogen) atoms. The van der Waals surface area contributed by atoms with Gasteiger partial charge in [-0.3, -0.25) is 9.59 Å². The Kier molecular flexibility index (Phi) is 27.1. The van der Waals surface area contributed by atoms with Crippen LogP contribution in [0.1, 0.15) is 98.1 Å². The highest BCUT2D eigenvalue weighted by atomic mass is 16.6. The van der Waals surface area contributed by atoms with Crippen LogP contribution < -0.4 is 9.47 Å². The number of esters is 4. The minimum atomic E-state index is -1.25. The standard InChI is InChI=1S/C24H36N2O5.C14H20N2O.C10H16O4/c1-8-30-21(27)20(22(28)31-9-2)23(3,4)24(17-25,14-11-15-26(5)6)18-12-10-13-19(16-18)29-7;1-16(2)9-5-7-13(11-15)12-6-4-8-14(10-12)17-3;1-5-13-9(11)8(7(3)4)10(12)14-6-2/h10,12-13,16,20H,8-9,11,14-15H2,1-7H3;4,6,8,10,13H,5,7,9H2,1-3H3;5-6H2,1-4H3. The lowest BCUT2D eigenvalue weighted by atomic mass is 9.55. The summed E-state index contributed by atoms with van der Waals surface area (Å²) in [5.41, 5.74) is 0.0404. The van der Waals surface area contributed by atoms with Gasteiger partial charge >= 0.3 is 23.9 Å². The first kappa shape index (κ1) is 56.6. The van der Waals surface area contributed by atoms with Gasteiger partial charge in [-0.1, -0.05) is 43.7 Å². The van der Waals surface area contributed by atoms with Crippen molar-refractivity contribution in [3.05, 3.63) is 70.8 Å². The maximum absolute atomic E-state index is 12.9. The number of carbonyl (C=O) groups excluding carboxylic acids is 4. The van der Waals surface area contributed by atoms with E-state index in [2.05, 4.69) is 17.0 Å². The molecule has 2 unspecified atom stereocenters. The zero-order valence-electron chi connectivity index (χ0n) is 39.7. The van der Waals surface area contributed by atoms with E-state index in [9.17, 15) is 29.7 Å². The van der Waals surface area contributed by atoms with Crippen LogP contribution in [0.5, 0.6) is 11.5 Å². The van der Waals surface area contributed by atoms with E-state index in [0.29, 0.717) is 29.7 Å². The summed E-state index contributed by atoms with van der Waals surface area (Å²) in [4.78, 5) is 52.7. The van der Waals surface area contributed by atoms with Gasteiger partial charge in [0.1, 0.15) is 17.1 Å². The van der Waals surface area contributed by atoms with E-state index in [4.69, 9.17) is 28.4 Å². The van der Waals surface area contributed by atoms with Crippen LogP contribution in [-0.2, 0) is 43.5 Å². The van der Waals surface area contributed by atoms with Crippen LogP contribution in [0.2, 0.25) is 0 Å². The second kappa shape index (κ2) is 29.8. The van der Waals surface area contributed by atoms with Gasteiger partial charge in [0.25, 0.3) is 0 Å². The molecule has 0 aliphatic heterocycles. The number of nitriles is 2. The van der Waals surface area contributed by atoms with Gasteiger partial charge in [0.15, 0.2) is 5.92 Å². The third-order valence-electron chi connectivity index (χ3n) is 9.99. The first-order valence-corrected chi connectivity index (χ1v) is 21.1. The van der Waals surface area contributed by atoms with Gasteiger partial charge in [-0.05, 0) is 144 Å². The zero-order valence-corrected chi connectivity index (χ0v) is 39.7. The topological polar surface area (TPSA) is 178 Å². The van der Waals surface area contributed by atoms with Crippen molar-refractivity contribution in [3.8, 4) is 23.6 Å². The molecule has 0 aromatic heterocycles. The summed E-state index contributed by atoms with van der Waals surface area (Å²) in [6.07, 6.45) is 3.06. The van der Waals surface area contributed by atoms with Gasteiger partial charge in [0.05, 0.1) is 64.1 Å². The van der Waals surface area contributed by atoms with Gasteiger partial charge in [0, 0.05) is 5.41 Å². The molecule has 0 saturated carbocycles. The second-order valence-electron chi connectivity index (χ2n) is 15.5. The average Bonchev–Trinajstić information content (AvgIpc) is 3.21. The lowest BCUT2D eigenvalue weighted by molar-refractivity contribution is -0.169. The van der Waals surface area contributed by atoms with Crippen molar-refractivity contribution < 1.29 is 47.6 Å². The van der Waals surface area contributed by atoms with Gasteiger partial charge in [0.2, 0.25) is 0 Å². The first-order valence-electron chi connectivity index (χ1n) is 21.1. The summed E-state index contributed by atoms with van der Waals surface area (Å²) in [7, 11) is 11.2. The summed E-state index contributed by atoms with van der Waals surface area (Å²) in [5.74, 6) is -2.47. The Morgan fingerprint density at radius 1 is 0.694 bits per heavy atom. The third-order valence-corrected chi connectivity index (χ3v) is 9.99. The molecule has 0 heterocycles. The van der Waals surface area contributed by atoms with Crippen LogP contribution in [0.25, 0.3) is 0 Å². The molecule has 0 aliphatic rings. The molecule has 344 valence electrons. The molecule has 0 bridgehead atoms. The number of rotatable bonds is 22. The molecule has 0 fully saturated rings. The van der Waals surface area contributed by atoms with Crippen LogP contribution in [0, 0.1) is 34.0 Å². The number of carbonyl (C=O) groups is 4. The van der Waals surface area contributed by atoms with Gasteiger partial charge in [-0.15, -0.1) is 0 Å². The van der Waals surface area contributed by atoms with Crippen molar-refractivity contribution in [2.24, 2.45) is 11.3 Å². The van der Waals surface area contributed by atoms with Gasteiger partial charge in [-0.2, -0.15) is 10.5 Å². The molecular formula is C48H72N4O10.